The monoisotopic (exact) mass is 422 g/mol. The highest BCUT2D eigenvalue weighted by atomic mass is 28.4. The molecule has 0 bridgehead atoms. The number of alkyl carbamates (subject to hydrolysis) is 1. The van der Waals surface area contributed by atoms with Crippen molar-refractivity contribution in [3.8, 4) is 0 Å². The van der Waals surface area contributed by atoms with E-state index in [1.807, 2.05) is 30.3 Å². The number of amides is 2. The van der Waals surface area contributed by atoms with Gasteiger partial charge in [0.1, 0.15) is 13.2 Å². The minimum atomic E-state index is -1.91. The van der Waals surface area contributed by atoms with Crippen LogP contribution < -0.4 is 5.32 Å². The Labute approximate surface area is 174 Å². The molecule has 1 aliphatic heterocycles. The van der Waals surface area contributed by atoms with E-state index in [1.165, 1.54) is 0 Å². The first kappa shape index (κ1) is 23.4. The molecule has 8 heteroatoms. The van der Waals surface area contributed by atoms with Crippen molar-refractivity contribution in [2.45, 2.75) is 51.6 Å². The van der Waals surface area contributed by atoms with E-state index in [4.69, 9.17) is 9.16 Å². The number of benzene rings is 1. The number of aliphatic hydroxyl groups excluding tert-OH is 1. The van der Waals surface area contributed by atoms with E-state index in [-0.39, 0.29) is 36.6 Å². The second-order valence-electron chi connectivity index (χ2n) is 9.11. The summed E-state index contributed by atoms with van der Waals surface area (Å²) in [6.45, 7) is 12.0. The lowest BCUT2D eigenvalue weighted by Crippen LogP contribution is -2.43. The van der Waals surface area contributed by atoms with Crippen LogP contribution in [0.5, 0.6) is 0 Å². The fourth-order valence-corrected chi connectivity index (χ4v) is 3.85. The molecule has 162 valence electrons. The highest BCUT2D eigenvalue weighted by molar-refractivity contribution is 6.74. The van der Waals surface area contributed by atoms with Gasteiger partial charge in [0.15, 0.2) is 8.32 Å². The van der Waals surface area contributed by atoms with Gasteiger partial charge in [0.25, 0.3) is 0 Å². The third-order valence-corrected chi connectivity index (χ3v) is 10.3. The Morgan fingerprint density at radius 1 is 1.21 bits per heavy atom. The number of rotatable bonds is 7. The summed E-state index contributed by atoms with van der Waals surface area (Å²) in [6, 6.07) is 9.33. The van der Waals surface area contributed by atoms with Crippen LogP contribution in [0, 0.1) is 5.92 Å². The van der Waals surface area contributed by atoms with Crippen molar-refractivity contribution in [3.63, 3.8) is 0 Å². The van der Waals surface area contributed by atoms with E-state index < -0.39 is 20.5 Å². The van der Waals surface area contributed by atoms with Gasteiger partial charge in [0.05, 0.1) is 6.10 Å². The second-order valence-corrected chi connectivity index (χ2v) is 13.9. The van der Waals surface area contributed by atoms with Gasteiger partial charge in [0, 0.05) is 25.6 Å². The number of ether oxygens (including phenoxy) is 1. The van der Waals surface area contributed by atoms with Crippen LogP contribution in [-0.2, 0) is 20.6 Å². The minimum Gasteiger partial charge on any atom is -0.445 e. The maximum Gasteiger partial charge on any atom is 0.407 e. The van der Waals surface area contributed by atoms with Crippen molar-refractivity contribution < 1.29 is 23.9 Å². The first-order valence-corrected chi connectivity index (χ1v) is 12.9. The van der Waals surface area contributed by atoms with Gasteiger partial charge >= 0.3 is 6.09 Å². The highest BCUT2D eigenvalue weighted by Crippen LogP contribution is 2.37. The Hall–Kier alpha value is -1.90. The average molecular weight is 423 g/mol. The number of carbonyl (C=O) groups excluding carboxylic acids is 2. The first-order chi connectivity index (χ1) is 13.5. The van der Waals surface area contributed by atoms with Crippen LogP contribution in [0.2, 0.25) is 18.1 Å². The lowest BCUT2D eigenvalue weighted by molar-refractivity contribution is -0.129. The molecule has 0 aromatic heterocycles. The number of aliphatic hydroxyl groups is 1. The molecule has 0 unspecified atom stereocenters. The van der Waals surface area contributed by atoms with Crippen LogP contribution in [0.4, 0.5) is 4.79 Å². The summed E-state index contributed by atoms with van der Waals surface area (Å²) < 4.78 is 11.3. The minimum absolute atomic E-state index is 0.0933. The summed E-state index contributed by atoms with van der Waals surface area (Å²) in [5.74, 6) is -0.353. The maximum absolute atomic E-state index is 12.4. The summed E-state index contributed by atoms with van der Waals surface area (Å²) in [7, 11) is -1.91. The molecular formula is C21H34N2O5Si. The lowest BCUT2D eigenvalue weighted by atomic mass is 10.1. The number of carbonyl (C=O) groups is 2. The summed E-state index contributed by atoms with van der Waals surface area (Å²) in [5, 5.41) is 12.9. The molecule has 2 rings (SSSR count). The van der Waals surface area contributed by atoms with Crippen LogP contribution in [0.15, 0.2) is 30.3 Å². The van der Waals surface area contributed by atoms with Gasteiger partial charge in [-0.05, 0) is 23.7 Å². The van der Waals surface area contributed by atoms with Crippen molar-refractivity contribution in [3.05, 3.63) is 35.9 Å². The number of nitrogens with one attached hydrogen (secondary N) is 1. The number of likely N-dealkylation sites (tertiary alicyclic amines) is 1. The van der Waals surface area contributed by atoms with Crippen LogP contribution >= 0.6 is 0 Å². The van der Waals surface area contributed by atoms with E-state index in [9.17, 15) is 14.7 Å². The molecule has 1 heterocycles. The third-order valence-electron chi connectivity index (χ3n) is 5.82. The number of hydrogen-bond donors (Lipinski definition) is 2. The molecule has 1 aromatic carbocycles. The van der Waals surface area contributed by atoms with E-state index in [1.54, 1.807) is 4.90 Å². The zero-order valence-corrected chi connectivity index (χ0v) is 19.1. The fourth-order valence-electron chi connectivity index (χ4n) is 2.79. The summed E-state index contributed by atoms with van der Waals surface area (Å²) in [4.78, 5) is 25.8. The molecule has 0 aliphatic carbocycles. The van der Waals surface area contributed by atoms with Crippen molar-refractivity contribution in [2.75, 3.05) is 26.2 Å². The molecule has 29 heavy (non-hydrogen) atoms. The molecule has 2 N–H and O–H groups in total. The van der Waals surface area contributed by atoms with Crippen LogP contribution in [0.3, 0.4) is 0 Å². The predicted octanol–water partition coefficient (Wildman–Crippen LogP) is 2.75. The zero-order valence-electron chi connectivity index (χ0n) is 18.1. The smallest absolute Gasteiger partial charge is 0.407 e. The van der Waals surface area contributed by atoms with Gasteiger partial charge in [-0.1, -0.05) is 51.1 Å². The zero-order chi connectivity index (χ0) is 21.7. The number of nitrogens with zero attached hydrogens (tertiary/aromatic N) is 1. The Balaban J connectivity index is 1.74. The van der Waals surface area contributed by atoms with Gasteiger partial charge in [-0.3, -0.25) is 4.79 Å². The molecule has 0 spiro atoms. The summed E-state index contributed by atoms with van der Waals surface area (Å²) in [5.41, 5.74) is 0.876. The molecule has 2 amide bonds. The molecule has 0 saturated carbocycles. The molecule has 1 aromatic rings. The standard InChI is InChI=1S/C21H34N2O5Si/c1-21(2,3)29(4,5)28-15-17-12-23(13-18(17)24)19(25)11-22-20(26)27-14-16-9-7-6-8-10-16/h6-10,17-18,24H,11-15H2,1-5H3,(H,22,26)/t17-,18-/m0/s1. The molecular weight excluding hydrogens is 388 g/mol. The number of hydrogen-bond acceptors (Lipinski definition) is 5. The maximum atomic E-state index is 12.4. The molecule has 1 aliphatic rings. The summed E-state index contributed by atoms with van der Waals surface area (Å²) in [6.07, 6.45) is -1.26. The van der Waals surface area contributed by atoms with Crippen LogP contribution in [0.25, 0.3) is 0 Å². The first-order valence-electron chi connectivity index (χ1n) is 10.0. The Kier molecular flexibility index (Phi) is 7.84. The molecule has 1 saturated heterocycles. The van der Waals surface area contributed by atoms with E-state index >= 15 is 0 Å². The Morgan fingerprint density at radius 2 is 1.86 bits per heavy atom. The van der Waals surface area contributed by atoms with Gasteiger partial charge in [-0.2, -0.15) is 0 Å². The van der Waals surface area contributed by atoms with E-state index in [0.29, 0.717) is 13.2 Å². The molecule has 0 radical (unpaired) electrons. The topological polar surface area (TPSA) is 88.1 Å². The van der Waals surface area contributed by atoms with Gasteiger partial charge in [0.2, 0.25) is 5.91 Å². The normalized spacial score (nSPS) is 19.9. The molecule has 1 fully saturated rings. The van der Waals surface area contributed by atoms with Gasteiger partial charge < -0.3 is 24.5 Å². The van der Waals surface area contributed by atoms with Crippen molar-refractivity contribution in [1.82, 2.24) is 10.2 Å². The van der Waals surface area contributed by atoms with E-state index in [2.05, 4.69) is 39.2 Å². The number of β-amino-alcohol motifs (C(OH)–C–C–N with tert-alkyl or cyclic N) is 1. The van der Waals surface area contributed by atoms with Crippen molar-refractivity contribution in [1.29, 1.82) is 0 Å². The average Bonchev–Trinajstić information content (AvgIpc) is 3.03. The van der Waals surface area contributed by atoms with Crippen molar-refractivity contribution in [2.24, 2.45) is 5.92 Å². The second kappa shape index (κ2) is 9.73. The molecule has 2 atom stereocenters. The lowest BCUT2D eigenvalue weighted by Gasteiger charge is -2.37. The third kappa shape index (κ3) is 6.83. The van der Waals surface area contributed by atoms with E-state index in [0.717, 1.165) is 5.56 Å². The highest BCUT2D eigenvalue weighted by Gasteiger charge is 2.40. The van der Waals surface area contributed by atoms with Gasteiger partial charge in [-0.25, -0.2) is 4.79 Å². The van der Waals surface area contributed by atoms with Crippen LogP contribution in [0.1, 0.15) is 26.3 Å². The fraction of sp³-hybridized carbons (Fsp3) is 0.619. The predicted molar refractivity (Wildman–Crippen MR) is 114 cm³/mol. The van der Waals surface area contributed by atoms with Crippen molar-refractivity contribution >= 4 is 20.3 Å². The largest absolute Gasteiger partial charge is 0.445 e. The SMILES string of the molecule is CC(C)(C)[Si](C)(C)OC[C@@H]1CN(C(=O)CNC(=O)OCc2ccccc2)C[C@@H]1O. The molecule has 7 nitrogen and oxygen atoms in total. The quantitative estimate of drug-likeness (QED) is 0.660. The Bertz CT molecular complexity index is 690. The Morgan fingerprint density at radius 3 is 2.48 bits per heavy atom. The van der Waals surface area contributed by atoms with Gasteiger partial charge in [-0.15, -0.1) is 0 Å². The summed E-state index contributed by atoms with van der Waals surface area (Å²) >= 11 is 0. The van der Waals surface area contributed by atoms with Crippen LogP contribution in [-0.4, -0.2) is 62.7 Å².